The molecule has 0 aromatic carbocycles. The maximum absolute atomic E-state index is 11.0. The van der Waals surface area contributed by atoms with Crippen LogP contribution in [0.25, 0.3) is 0 Å². The van der Waals surface area contributed by atoms with Crippen LogP contribution in [0.5, 0.6) is 0 Å². The highest BCUT2D eigenvalue weighted by atomic mass is 32.2. The zero-order valence-corrected chi connectivity index (χ0v) is 16.8. The summed E-state index contributed by atoms with van der Waals surface area (Å²) in [7, 11) is -2.95. The molecule has 0 saturated heterocycles. The molecule has 0 amide bonds. The Morgan fingerprint density at radius 2 is 2.08 bits per heavy atom. The summed E-state index contributed by atoms with van der Waals surface area (Å²) >= 11 is 2.06. The van der Waals surface area contributed by atoms with Crippen molar-refractivity contribution in [1.82, 2.24) is 10.6 Å². The normalized spacial score (nSPS) is 22.4. The number of aliphatic imine (C=N–C) groups is 1. The summed E-state index contributed by atoms with van der Waals surface area (Å²) < 4.78 is 27.4. The van der Waals surface area contributed by atoms with Gasteiger partial charge in [-0.2, -0.15) is 11.8 Å². The Labute approximate surface area is 151 Å². The molecular weight excluding hydrogens is 346 g/mol. The van der Waals surface area contributed by atoms with Crippen molar-refractivity contribution in [2.75, 3.05) is 44.1 Å². The number of guanidine groups is 1. The molecule has 0 spiro atoms. The van der Waals surface area contributed by atoms with E-state index in [1.165, 1.54) is 37.7 Å². The molecule has 2 atom stereocenters. The van der Waals surface area contributed by atoms with Crippen molar-refractivity contribution in [2.45, 2.75) is 50.8 Å². The van der Waals surface area contributed by atoms with E-state index in [2.05, 4.69) is 41.2 Å². The van der Waals surface area contributed by atoms with Crippen molar-refractivity contribution < 1.29 is 13.2 Å². The standard InChI is InChI=1S/C16H33N3O3S2/c1-4-17-16(18-9-10-22-11-12-24(3,20)21)19-14-7-6-8-15(13-14)23-5-2/h14-15H,4-13H2,1-3H3,(H2,17,18,19). The third-order valence-corrected chi connectivity index (χ3v) is 5.96. The minimum absolute atomic E-state index is 0.0631. The van der Waals surface area contributed by atoms with Gasteiger partial charge in [0.05, 0.1) is 25.5 Å². The molecule has 0 aromatic heterocycles. The quantitative estimate of drug-likeness (QED) is 0.341. The first-order chi connectivity index (χ1) is 11.4. The van der Waals surface area contributed by atoms with Gasteiger partial charge >= 0.3 is 0 Å². The van der Waals surface area contributed by atoms with Crippen molar-refractivity contribution in [1.29, 1.82) is 0 Å². The number of ether oxygens (including phenoxy) is 1. The van der Waals surface area contributed by atoms with Gasteiger partial charge in [0.2, 0.25) is 0 Å². The maximum Gasteiger partial charge on any atom is 0.191 e. The topological polar surface area (TPSA) is 79.8 Å². The molecule has 1 rings (SSSR count). The molecule has 0 bridgehead atoms. The van der Waals surface area contributed by atoms with Crippen molar-refractivity contribution in [3.8, 4) is 0 Å². The first-order valence-electron chi connectivity index (χ1n) is 8.86. The number of nitrogens with zero attached hydrogens (tertiary/aromatic N) is 1. The molecule has 6 nitrogen and oxygen atoms in total. The zero-order valence-electron chi connectivity index (χ0n) is 15.2. The van der Waals surface area contributed by atoms with E-state index in [0.717, 1.165) is 17.8 Å². The summed E-state index contributed by atoms with van der Waals surface area (Å²) in [5.74, 6) is 2.07. The predicted octanol–water partition coefficient (Wildman–Crippen LogP) is 1.67. The van der Waals surface area contributed by atoms with Gasteiger partial charge in [-0.05, 0) is 31.9 Å². The van der Waals surface area contributed by atoms with Gasteiger partial charge in [0.25, 0.3) is 0 Å². The Hall–Kier alpha value is -0.470. The number of thioether (sulfide) groups is 1. The summed E-state index contributed by atoms with van der Waals surface area (Å²) in [6, 6.07) is 0.478. The first kappa shape index (κ1) is 21.6. The van der Waals surface area contributed by atoms with Crippen LogP contribution in [-0.2, 0) is 14.6 Å². The summed E-state index contributed by atoms with van der Waals surface area (Å²) in [4.78, 5) is 4.53. The summed E-state index contributed by atoms with van der Waals surface area (Å²) in [6.45, 7) is 6.29. The Morgan fingerprint density at radius 3 is 2.75 bits per heavy atom. The van der Waals surface area contributed by atoms with Crippen LogP contribution in [0.3, 0.4) is 0 Å². The van der Waals surface area contributed by atoms with E-state index in [-0.39, 0.29) is 12.4 Å². The van der Waals surface area contributed by atoms with E-state index in [1.54, 1.807) is 0 Å². The molecule has 1 saturated carbocycles. The van der Waals surface area contributed by atoms with E-state index < -0.39 is 9.84 Å². The van der Waals surface area contributed by atoms with Crippen molar-refractivity contribution in [3.63, 3.8) is 0 Å². The van der Waals surface area contributed by atoms with Crippen molar-refractivity contribution in [3.05, 3.63) is 0 Å². The second-order valence-corrected chi connectivity index (χ2v) is 9.93. The van der Waals surface area contributed by atoms with Gasteiger partial charge in [-0.3, -0.25) is 4.99 Å². The third kappa shape index (κ3) is 10.4. The van der Waals surface area contributed by atoms with Gasteiger partial charge in [0.1, 0.15) is 9.84 Å². The maximum atomic E-state index is 11.0. The lowest BCUT2D eigenvalue weighted by Crippen LogP contribution is -2.45. The fourth-order valence-electron chi connectivity index (χ4n) is 2.71. The summed E-state index contributed by atoms with van der Waals surface area (Å²) in [6.07, 6.45) is 6.18. The molecule has 0 radical (unpaired) electrons. The van der Waals surface area contributed by atoms with E-state index in [4.69, 9.17) is 4.74 Å². The summed E-state index contributed by atoms with van der Waals surface area (Å²) in [5.41, 5.74) is 0. The lowest BCUT2D eigenvalue weighted by Gasteiger charge is -2.30. The Balaban J connectivity index is 2.33. The Kier molecular flexibility index (Phi) is 10.8. The SMILES string of the molecule is CCNC(=NCCOCCS(C)(=O)=O)NC1CCCC(SCC)C1. The fourth-order valence-corrected chi connectivity index (χ4v) is 4.30. The molecule has 1 aliphatic carbocycles. The molecule has 142 valence electrons. The molecule has 2 unspecified atom stereocenters. The van der Waals surface area contributed by atoms with Crippen molar-refractivity contribution in [2.24, 2.45) is 4.99 Å². The van der Waals surface area contributed by atoms with Crippen molar-refractivity contribution >= 4 is 27.6 Å². The molecule has 0 heterocycles. The lowest BCUT2D eigenvalue weighted by atomic mass is 9.95. The molecular formula is C16H33N3O3S2. The molecule has 2 N–H and O–H groups in total. The molecule has 8 heteroatoms. The van der Waals surface area contributed by atoms with Gasteiger partial charge in [0.15, 0.2) is 5.96 Å². The number of rotatable bonds is 10. The van der Waals surface area contributed by atoms with Crippen LogP contribution in [0.1, 0.15) is 39.5 Å². The Morgan fingerprint density at radius 1 is 1.29 bits per heavy atom. The molecule has 1 aliphatic rings. The molecule has 1 fully saturated rings. The highest BCUT2D eigenvalue weighted by Gasteiger charge is 2.22. The van der Waals surface area contributed by atoms with Crippen LogP contribution < -0.4 is 10.6 Å². The van der Waals surface area contributed by atoms with E-state index >= 15 is 0 Å². The average Bonchev–Trinajstić information content (AvgIpc) is 2.50. The number of nitrogens with one attached hydrogen (secondary N) is 2. The van der Waals surface area contributed by atoms with E-state index in [0.29, 0.717) is 19.2 Å². The van der Waals surface area contributed by atoms with Crippen LogP contribution in [0.4, 0.5) is 0 Å². The van der Waals surface area contributed by atoms with Crippen LogP contribution in [-0.4, -0.2) is 69.7 Å². The third-order valence-electron chi connectivity index (χ3n) is 3.82. The average molecular weight is 380 g/mol. The van der Waals surface area contributed by atoms with Gasteiger partial charge in [-0.15, -0.1) is 0 Å². The zero-order chi connectivity index (χ0) is 17.8. The smallest absolute Gasteiger partial charge is 0.191 e. The van der Waals surface area contributed by atoms with Crippen LogP contribution in [0.15, 0.2) is 4.99 Å². The second-order valence-electron chi connectivity index (χ2n) is 6.09. The van der Waals surface area contributed by atoms with Gasteiger partial charge in [0, 0.05) is 24.1 Å². The summed E-state index contributed by atoms with van der Waals surface area (Å²) in [5, 5.41) is 7.56. The number of hydrogen-bond acceptors (Lipinski definition) is 5. The minimum atomic E-state index is -2.95. The van der Waals surface area contributed by atoms with Gasteiger partial charge in [-0.1, -0.05) is 13.3 Å². The van der Waals surface area contributed by atoms with E-state index in [1.807, 2.05) is 0 Å². The molecule has 0 aliphatic heterocycles. The van der Waals surface area contributed by atoms with Crippen LogP contribution >= 0.6 is 11.8 Å². The first-order valence-corrected chi connectivity index (χ1v) is 12.0. The van der Waals surface area contributed by atoms with Gasteiger partial charge < -0.3 is 15.4 Å². The largest absolute Gasteiger partial charge is 0.378 e. The van der Waals surface area contributed by atoms with Crippen LogP contribution in [0, 0.1) is 0 Å². The number of hydrogen-bond donors (Lipinski definition) is 2. The van der Waals surface area contributed by atoms with Gasteiger partial charge in [-0.25, -0.2) is 8.42 Å². The Bertz CT molecular complexity index is 467. The number of sulfone groups is 1. The lowest BCUT2D eigenvalue weighted by molar-refractivity contribution is 0.157. The van der Waals surface area contributed by atoms with E-state index in [9.17, 15) is 8.42 Å². The molecule has 0 aromatic rings. The second kappa shape index (κ2) is 12.0. The highest BCUT2D eigenvalue weighted by molar-refractivity contribution is 7.99. The molecule has 24 heavy (non-hydrogen) atoms. The highest BCUT2D eigenvalue weighted by Crippen LogP contribution is 2.28. The fraction of sp³-hybridized carbons (Fsp3) is 0.938. The van der Waals surface area contributed by atoms with Crippen LogP contribution in [0.2, 0.25) is 0 Å². The predicted molar refractivity (Wildman–Crippen MR) is 104 cm³/mol. The monoisotopic (exact) mass is 379 g/mol. The minimum Gasteiger partial charge on any atom is -0.378 e.